The van der Waals surface area contributed by atoms with Crippen LogP contribution < -0.4 is 4.90 Å². The number of carboxylic acid groups (broad SMARTS) is 1. The Morgan fingerprint density at radius 2 is 1.83 bits per heavy atom. The van der Waals surface area contributed by atoms with Crippen LogP contribution in [0.2, 0.25) is 0 Å². The topological polar surface area (TPSA) is 84.1 Å². The van der Waals surface area contributed by atoms with Gasteiger partial charge in [0.05, 0.1) is 16.9 Å². The number of carboxylic acids is 1. The number of tetrazole rings is 1. The second kappa shape index (κ2) is 6.74. The first-order chi connectivity index (χ1) is 11.7. The van der Waals surface area contributed by atoms with E-state index >= 15 is 0 Å². The van der Waals surface area contributed by atoms with Crippen molar-refractivity contribution >= 4 is 17.7 Å². The van der Waals surface area contributed by atoms with Gasteiger partial charge >= 0.3 is 5.97 Å². The standard InChI is InChI=1S/C17H15N5O2/c1-21(15-10-6-5-9-14(15)17(23)24)12-11-16-18-19-20-22(16)13-7-3-2-4-8-13/h2-12H,1H3,(H,23,24). The van der Waals surface area contributed by atoms with E-state index in [4.69, 9.17) is 0 Å². The summed E-state index contributed by atoms with van der Waals surface area (Å²) in [5, 5.41) is 20.9. The summed E-state index contributed by atoms with van der Waals surface area (Å²) in [6.45, 7) is 0. The third-order valence-electron chi connectivity index (χ3n) is 3.46. The number of benzene rings is 2. The van der Waals surface area contributed by atoms with Crippen molar-refractivity contribution in [1.82, 2.24) is 20.2 Å². The molecule has 0 radical (unpaired) electrons. The zero-order chi connectivity index (χ0) is 16.9. The van der Waals surface area contributed by atoms with Gasteiger partial charge in [0.25, 0.3) is 0 Å². The summed E-state index contributed by atoms with van der Waals surface area (Å²) in [5.74, 6) is -0.430. The molecule has 0 bridgehead atoms. The van der Waals surface area contributed by atoms with Crippen LogP contribution in [0.25, 0.3) is 11.8 Å². The summed E-state index contributed by atoms with van der Waals surface area (Å²) in [7, 11) is 1.77. The SMILES string of the molecule is CN(C=Cc1nnnn1-c1ccccc1)c1ccccc1C(=O)O. The lowest BCUT2D eigenvalue weighted by molar-refractivity contribution is 0.0697. The molecule has 1 heterocycles. The Hall–Kier alpha value is -3.48. The van der Waals surface area contributed by atoms with E-state index in [0.29, 0.717) is 11.5 Å². The van der Waals surface area contributed by atoms with E-state index < -0.39 is 5.97 Å². The number of aromatic carboxylic acids is 1. The molecule has 120 valence electrons. The number of hydrogen-bond acceptors (Lipinski definition) is 5. The van der Waals surface area contributed by atoms with Gasteiger partial charge in [0.15, 0.2) is 5.82 Å². The maximum atomic E-state index is 11.3. The van der Waals surface area contributed by atoms with Gasteiger partial charge in [-0.15, -0.1) is 5.10 Å². The van der Waals surface area contributed by atoms with Crippen molar-refractivity contribution in [1.29, 1.82) is 0 Å². The smallest absolute Gasteiger partial charge is 0.337 e. The quantitative estimate of drug-likeness (QED) is 0.777. The third kappa shape index (κ3) is 3.14. The molecule has 2 aromatic carbocycles. The van der Waals surface area contributed by atoms with Gasteiger partial charge in [0.2, 0.25) is 0 Å². The number of hydrogen-bond donors (Lipinski definition) is 1. The first-order valence-electron chi connectivity index (χ1n) is 7.24. The molecule has 1 N–H and O–H groups in total. The van der Waals surface area contributed by atoms with E-state index in [1.807, 2.05) is 30.3 Å². The van der Waals surface area contributed by atoms with Crippen LogP contribution in [0, 0.1) is 0 Å². The third-order valence-corrected chi connectivity index (χ3v) is 3.46. The predicted octanol–water partition coefficient (Wildman–Crippen LogP) is 2.47. The lowest BCUT2D eigenvalue weighted by atomic mass is 10.1. The van der Waals surface area contributed by atoms with Crippen LogP contribution in [0.1, 0.15) is 16.2 Å². The summed E-state index contributed by atoms with van der Waals surface area (Å²) in [6.07, 6.45) is 3.46. The predicted molar refractivity (Wildman–Crippen MR) is 90.0 cm³/mol. The molecule has 3 rings (SSSR count). The van der Waals surface area contributed by atoms with Crippen LogP contribution in [0.15, 0.2) is 60.8 Å². The first kappa shape index (κ1) is 15.4. The van der Waals surface area contributed by atoms with Crippen molar-refractivity contribution in [3.8, 4) is 5.69 Å². The average Bonchev–Trinajstić information content (AvgIpc) is 3.09. The number of anilines is 1. The highest BCUT2D eigenvalue weighted by atomic mass is 16.4. The van der Waals surface area contributed by atoms with Crippen LogP contribution >= 0.6 is 0 Å². The van der Waals surface area contributed by atoms with E-state index in [2.05, 4.69) is 15.5 Å². The van der Waals surface area contributed by atoms with Crippen molar-refractivity contribution in [2.45, 2.75) is 0 Å². The van der Waals surface area contributed by atoms with Crippen LogP contribution in [-0.2, 0) is 0 Å². The van der Waals surface area contributed by atoms with Gasteiger partial charge in [-0.05, 0) is 34.7 Å². The largest absolute Gasteiger partial charge is 0.478 e. The highest BCUT2D eigenvalue weighted by molar-refractivity contribution is 5.94. The molecule has 1 aromatic heterocycles. The lowest BCUT2D eigenvalue weighted by Crippen LogP contribution is -2.13. The number of aromatic nitrogens is 4. The summed E-state index contributed by atoms with van der Waals surface area (Å²) < 4.78 is 1.60. The molecule has 0 saturated carbocycles. The molecule has 0 amide bonds. The Morgan fingerprint density at radius 3 is 2.58 bits per heavy atom. The highest BCUT2D eigenvalue weighted by Gasteiger charge is 2.11. The Bertz CT molecular complexity index is 873. The van der Waals surface area contributed by atoms with E-state index in [9.17, 15) is 9.90 Å². The number of carbonyl (C=O) groups is 1. The van der Waals surface area contributed by atoms with Gasteiger partial charge in [-0.2, -0.15) is 4.68 Å². The molecule has 0 fully saturated rings. The molecule has 24 heavy (non-hydrogen) atoms. The van der Waals surface area contributed by atoms with Gasteiger partial charge in [-0.25, -0.2) is 4.79 Å². The van der Waals surface area contributed by atoms with Crippen LogP contribution in [0.5, 0.6) is 0 Å². The minimum atomic E-state index is -0.972. The van der Waals surface area contributed by atoms with E-state index in [1.165, 1.54) is 0 Å². The van der Waals surface area contributed by atoms with Crippen molar-refractivity contribution < 1.29 is 9.90 Å². The molecular formula is C17H15N5O2. The molecule has 7 heteroatoms. The van der Waals surface area contributed by atoms with Crippen molar-refractivity contribution in [3.63, 3.8) is 0 Å². The fourth-order valence-corrected chi connectivity index (χ4v) is 2.27. The molecule has 3 aromatic rings. The first-order valence-corrected chi connectivity index (χ1v) is 7.24. The van der Waals surface area contributed by atoms with Crippen molar-refractivity contribution in [3.05, 3.63) is 72.2 Å². The maximum absolute atomic E-state index is 11.3. The van der Waals surface area contributed by atoms with Crippen LogP contribution in [0.3, 0.4) is 0 Å². The van der Waals surface area contributed by atoms with E-state index in [0.717, 1.165) is 5.69 Å². The van der Waals surface area contributed by atoms with E-state index in [-0.39, 0.29) is 5.56 Å². The Morgan fingerprint density at radius 1 is 1.12 bits per heavy atom. The van der Waals surface area contributed by atoms with E-state index in [1.54, 1.807) is 53.2 Å². The normalized spacial score (nSPS) is 10.9. The van der Waals surface area contributed by atoms with Gasteiger partial charge in [0.1, 0.15) is 0 Å². The van der Waals surface area contributed by atoms with Crippen molar-refractivity contribution in [2.75, 3.05) is 11.9 Å². The minimum Gasteiger partial charge on any atom is -0.478 e. The lowest BCUT2D eigenvalue weighted by Gasteiger charge is -2.16. The maximum Gasteiger partial charge on any atom is 0.337 e. The van der Waals surface area contributed by atoms with Gasteiger partial charge in [-0.3, -0.25) is 0 Å². The Kier molecular flexibility index (Phi) is 4.33. The molecule has 0 unspecified atom stereocenters. The molecule has 0 aliphatic carbocycles. The molecule has 0 aliphatic rings. The molecule has 0 spiro atoms. The summed E-state index contributed by atoms with van der Waals surface area (Å²) >= 11 is 0. The van der Waals surface area contributed by atoms with Gasteiger partial charge in [0, 0.05) is 19.3 Å². The second-order valence-corrected chi connectivity index (χ2v) is 5.03. The minimum absolute atomic E-state index is 0.229. The van der Waals surface area contributed by atoms with Crippen LogP contribution in [-0.4, -0.2) is 38.3 Å². The zero-order valence-corrected chi connectivity index (χ0v) is 12.9. The summed E-state index contributed by atoms with van der Waals surface area (Å²) in [4.78, 5) is 13.0. The number of para-hydroxylation sites is 2. The van der Waals surface area contributed by atoms with Gasteiger partial charge in [-0.1, -0.05) is 30.3 Å². The fraction of sp³-hybridized carbons (Fsp3) is 0.0588. The Balaban J connectivity index is 1.88. The molecule has 0 aliphatic heterocycles. The molecular weight excluding hydrogens is 306 g/mol. The van der Waals surface area contributed by atoms with Crippen LogP contribution in [0.4, 0.5) is 5.69 Å². The molecule has 0 atom stereocenters. The summed E-state index contributed by atoms with van der Waals surface area (Å²) in [5.41, 5.74) is 1.66. The Labute approximate surface area is 138 Å². The molecule has 0 saturated heterocycles. The fourth-order valence-electron chi connectivity index (χ4n) is 2.27. The van der Waals surface area contributed by atoms with Crippen molar-refractivity contribution in [2.24, 2.45) is 0 Å². The summed E-state index contributed by atoms with van der Waals surface area (Å²) in [6, 6.07) is 16.3. The number of nitrogens with zero attached hydrogens (tertiary/aromatic N) is 5. The number of rotatable bonds is 5. The van der Waals surface area contributed by atoms with Gasteiger partial charge < -0.3 is 10.0 Å². The second-order valence-electron chi connectivity index (χ2n) is 5.03. The molecule has 7 nitrogen and oxygen atoms in total. The average molecular weight is 321 g/mol. The zero-order valence-electron chi connectivity index (χ0n) is 12.9. The monoisotopic (exact) mass is 321 g/mol. The highest BCUT2D eigenvalue weighted by Crippen LogP contribution is 2.20.